The Bertz CT molecular complexity index is 765. The molecule has 18 heavy (non-hydrogen) atoms. The minimum absolute atomic E-state index is 0.125. The number of carboxylic acids is 1. The first-order chi connectivity index (χ1) is 8.34. The number of fused-ring (bicyclic) bond motifs is 1. The highest BCUT2D eigenvalue weighted by molar-refractivity contribution is 5.74. The van der Waals surface area contributed by atoms with Crippen molar-refractivity contribution in [3.8, 4) is 0 Å². The van der Waals surface area contributed by atoms with Crippen molar-refractivity contribution in [3.63, 3.8) is 0 Å². The first kappa shape index (κ1) is 12.1. The van der Waals surface area contributed by atoms with Gasteiger partial charge in [-0.3, -0.25) is 18.7 Å². The maximum atomic E-state index is 12.0. The average molecular weight is 252 g/mol. The van der Waals surface area contributed by atoms with E-state index in [2.05, 4.69) is 4.98 Å². The number of aromatic nitrogens is 4. The van der Waals surface area contributed by atoms with Crippen LogP contribution in [0.2, 0.25) is 0 Å². The van der Waals surface area contributed by atoms with Crippen LogP contribution in [-0.2, 0) is 25.4 Å². The number of carboxylic acid groups (broad SMARTS) is 1. The fourth-order valence-corrected chi connectivity index (χ4v) is 1.88. The van der Waals surface area contributed by atoms with E-state index in [1.165, 1.54) is 23.2 Å². The number of aliphatic carboxylic acids is 1. The minimum Gasteiger partial charge on any atom is -0.480 e. The third-order valence-corrected chi connectivity index (χ3v) is 2.83. The molecular weight excluding hydrogens is 240 g/mol. The molecule has 0 fully saturated rings. The average Bonchev–Trinajstić information content (AvgIpc) is 2.61. The fourth-order valence-electron chi connectivity index (χ4n) is 1.88. The van der Waals surface area contributed by atoms with Crippen molar-refractivity contribution < 1.29 is 9.90 Å². The summed E-state index contributed by atoms with van der Waals surface area (Å²) in [5.74, 6) is -0.695. The van der Waals surface area contributed by atoms with E-state index in [0.717, 1.165) is 4.57 Å². The molecule has 0 aliphatic carbocycles. The van der Waals surface area contributed by atoms with Crippen molar-refractivity contribution in [1.29, 1.82) is 0 Å². The Hall–Kier alpha value is -2.38. The summed E-state index contributed by atoms with van der Waals surface area (Å²) in [6.07, 6.45) is 0. The van der Waals surface area contributed by atoms with E-state index in [0.29, 0.717) is 5.82 Å². The molecular formula is C10H12N4O4. The normalized spacial score (nSPS) is 11.1. The van der Waals surface area contributed by atoms with E-state index in [9.17, 15) is 14.4 Å². The monoisotopic (exact) mass is 252 g/mol. The number of imidazole rings is 1. The topological polar surface area (TPSA) is 99.1 Å². The molecule has 2 aromatic heterocycles. The number of carbonyl (C=O) groups is 1. The van der Waals surface area contributed by atoms with Gasteiger partial charge in [-0.15, -0.1) is 0 Å². The van der Waals surface area contributed by atoms with Crippen molar-refractivity contribution in [1.82, 2.24) is 18.7 Å². The van der Waals surface area contributed by atoms with Gasteiger partial charge in [0.25, 0.3) is 5.56 Å². The van der Waals surface area contributed by atoms with Crippen LogP contribution >= 0.6 is 0 Å². The molecule has 8 heteroatoms. The Morgan fingerprint density at radius 1 is 1.28 bits per heavy atom. The number of aryl methyl sites for hydroxylation is 2. The summed E-state index contributed by atoms with van der Waals surface area (Å²) >= 11 is 0. The van der Waals surface area contributed by atoms with Crippen LogP contribution in [0.3, 0.4) is 0 Å². The van der Waals surface area contributed by atoms with Crippen LogP contribution in [0.15, 0.2) is 9.59 Å². The van der Waals surface area contributed by atoms with Crippen LogP contribution in [0.1, 0.15) is 5.82 Å². The predicted molar refractivity (Wildman–Crippen MR) is 62.6 cm³/mol. The quantitative estimate of drug-likeness (QED) is 0.725. The summed E-state index contributed by atoms with van der Waals surface area (Å²) in [5, 5.41) is 8.83. The Balaban J connectivity index is 2.99. The summed E-state index contributed by atoms with van der Waals surface area (Å²) in [6.45, 7) is 1.22. The Morgan fingerprint density at radius 2 is 1.89 bits per heavy atom. The Kier molecular flexibility index (Phi) is 2.57. The first-order valence-electron chi connectivity index (χ1n) is 5.19. The predicted octanol–water partition coefficient (Wildman–Crippen LogP) is -1.17. The van der Waals surface area contributed by atoms with Gasteiger partial charge in [-0.2, -0.15) is 0 Å². The molecule has 0 radical (unpaired) electrons. The van der Waals surface area contributed by atoms with Crippen LogP contribution in [-0.4, -0.2) is 29.8 Å². The summed E-state index contributed by atoms with van der Waals surface area (Å²) in [7, 11) is 2.83. The van der Waals surface area contributed by atoms with Gasteiger partial charge in [-0.25, -0.2) is 9.78 Å². The molecule has 0 unspecified atom stereocenters. The molecule has 96 valence electrons. The second kappa shape index (κ2) is 3.83. The third kappa shape index (κ3) is 1.53. The van der Waals surface area contributed by atoms with Gasteiger partial charge in [0.05, 0.1) is 0 Å². The second-order valence-electron chi connectivity index (χ2n) is 4.02. The van der Waals surface area contributed by atoms with Gasteiger partial charge in [0.2, 0.25) is 0 Å². The van der Waals surface area contributed by atoms with Crippen LogP contribution < -0.4 is 11.2 Å². The van der Waals surface area contributed by atoms with Crippen molar-refractivity contribution in [2.24, 2.45) is 14.1 Å². The molecule has 0 saturated heterocycles. The smallest absolute Gasteiger partial charge is 0.332 e. The lowest BCUT2D eigenvalue weighted by molar-refractivity contribution is -0.137. The number of rotatable bonds is 2. The van der Waals surface area contributed by atoms with E-state index in [-0.39, 0.29) is 17.7 Å². The molecule has 0 bridgehead atoms. The van der Waals surface area contributed by atoms with E-state index in [1.54, 1.807) is 6.92 Å². The SMILES string of the molecule is Cc1nc2c(c(=O)n(C)c(=O)n2C)n1CC(=O)O. The molecule has 2 rings (SSSR count). The Labute approximate surface area is 101 Å². The zero-order valence-corrected chi connectivity index (χ0v) is 10.2. The maximum absolute atomic E-state index is 12.0. The molecule has 0 atom stereocenters. The van der Waals surface area contributed by atoms with Crippen molar-refractivity contribution in [3.05, 3.63) is 26.7 Å². The number of hydrogen-bond donors (Lipinski definition) is 1. The molecule has 0 saturated carbocycles. The molecule has 2 heterocycles. The van der Waals surface area contributed by atoms with Crippen molar-refractivity contribution in [2.45, 2.75) is 13.5 Å². The van der Waals surface area contributed by atoms with Crippen molar-refractivity contribution >= 4 is 17.1 Å². The van der Waals surface area contributed by atoms with Gasteiger partial charge < -0.3 is 9.67 Å². The van der Waals surface area contributed by atoms with E-state index < -0.39 is 17.2 Å². The zero-order valence-electron chi connectivity index (χ0n) is 10.2. The van der Waals surface area contributed by atoms with Gasteiger partial charge in [-0.1, -0.05) is 0 Å². The molecule has 0 amide bonds. The maximum Gasteiger partial charge on any atom is 0.332 e. The highest BCUT2D eigenvalue weighted by Crippen LogP contribution is 2.09. The zero-order chi connectivity index (χ0) is 13.6. The van der Waals surface area contributed by atoms with Crippen LogP contribution in [0.4, 0.5) is 0 Å². The standard InChI is InChI=1S/C10H12N4O4/c1-5-11-8-7(14(5)4-6(15)16)9(17)13(3)10(18)12(8)2/h4H2,1-3H3,(H,15,16). The summed E-state index contributed by atoms with van der Waals surface area (Å²) in [4.78, 5) is 38.6. The van der Waals surface area contributed by atoms with Gasteiger partial charge in [0.1, 0.15) is 12.4 Å². The van der Waals surface area contributed by atoms with Gasteiger partial charge in [0, 0.05) is 14.1 Å². The van der Waals surface area contributed by atoms with Gasteiger partial charge in [0.15, 0.2) is 11.2 Å². The molecule has 0 aliphatic heterocycles. The fraction of sp³-hybridized carbons (Fsp3) is 0.400. The summed E-state index contributed by atoms with van der Waals surface area (Å²) in [6, 6.07) is 0. The summed E-state index contributed by atoms with van der Waals surface area (Å²) < 4.78 is 3.45. The largest absolute Gasteiger partial charge is 0.480 e. The first-order valence-corrected chi connectivity index (χ1v) is 5.19. The van der Waals surface area contributed by atoms with Gasteiger partial charge >= 0.3 is 11.7 Å². The van der Waals surface area contributed by atoms with E-state index in [1.807, 2.05) is 0 Å². The molecule has 0 spiro atoms. The molecule has 1 N–H and O–H groups in total. The Morgan fingerprint density at radius 3 is 2.44 bits per heavy atom. The third-order valence-electron chi connectivity index (χ3n) is 2.83. The number of hydrogen-bond acceptors (Lipinski definition) is 4. The van der Waals surface area contributed by atoms with E-state index >= 15 is 0 Å². The highest BCUT2D eigenvalue weighted by atomic mass is 16.4. The molecule has 8 nitrogen and oxygen atoms in total. The lowest BCUT2D eigenvalue weighted by atomic mass is 10.4. The molecule has 0 aromatic carbocycles. The number of nitrogens with zero attached hydrogens (tertiary/aromatic N) is 4. The second-order valence-corrected chi connectivity index (χ2v) is 4.02. The van der Waals surface area contributed by atoms with Gasteiger partial charge in [-0.05, 0) is 6.92 Å². The lowest BCUT2D eigenvalue weighted by Crippen LogP contribution is -2.37. The van der Waals surface area contributed by atoms with Crippen LogP contribution in [0.25, 0.3) is 11.2 Å². The van der Waals surface area contributed by atoms with Crippen molar-refractivity contribution in [2.75, 3.05) is 0 Å². The lowest BCUT2D eigenvalue weighted by Gasteiger charge is -2.05. The minimum atomic E-state index is -1.08. The molecule has 0 aliphatic rings. The van der Waals surface area contributed by atoms with Crippen LogP contribution in [0, 0.1) is 6.92 Å². The molecule has 2 aromatic rings. The highest BCUT2D eigenvalue weighted by Gasteiger charge is 2.18. The van der Waals surface area contributed by atoms with E-state index in [4.69, 9.17) is 5.11 Å². The van der Waals surface area contributed by atoms with Crippen LogP contribution in [0.5, 0.6) is 0 Å². The summed E-state index contributed by atoms with van der Waals surface area (Å²) in [5.41, 5.74) is -0.719.